The number of amides is 1. The minimum atomic E-state index is -0.396. The van der Waals surface area contributed by atoms with Crippen molar-refractivity contribution in [1.29, 1.82) is 0 Å². The molecule has 0 bridgehead atoms. The van der Waals surface area contributed by atoms with Gasteiger partial charge in [0.05, 0.1) is 18.4 Å². The Labute approximate surface area is 147 Å². The van der Waals surface area contributed by atoms with Crippen LogP contribution in [0.4, 0.5) is 5.69 Å². The molecule has 0 saturated carbocycles. The van der Waals surface area contributed by atoms with Gasteiger partial charge in [-0.05, 0) is 42.0 Å². The molecule has 120 valence electrons. The van der Waals surface area contributed by atoms with Crippen LogP contribution in [0.15, 0.2) is 53.0 Å². The molecule has 0 saturated heterocycles. The number of halogens is 1. The lowest BCUT2D eigenvalue weighted by Gasteiger charge is -2.06. The lowest BCUT2D eigenvalue weighted by Crippen LogP contribution is -2.14. The summed E-state index contributed by atoms with van der Waals surface area (Å²) in [6, 6.07) is 14.6. The molecule has 0 aliphatic rings. The number of hydrogen-bond donors (Lipinski definition) is 1. The van der Waals surface area contributed by atoms with Gasteiger partial charge in [-0.15, -0.1) is 11.8 Å². The first kappa shape index (κ1) is 17.6. The van der Waals surface area contributed by atoms with Crippen molar-refractivity contribution < 1.29 is 14.3 Å². The van der Waals surface area contributed by atoms with Crippen LogP contribution in [0.25, 0.3) is 0 Å². The van der Waals surface area contributed by atoms with Gasteiger partial charge in [0.15, 0.2) is 0 Å². The number of methoxy groups -OCH3 is 1. The standard InChI is InChI=1S/C17H16BrNO3S/c1-22-17(21)13-5-7-15(8-6-13)19-16(20)11-23-10-12-3-2-4-14(18)9-12/h2-9H,10-11H2,1H3,(H,19,20). The summed E-state index contributed by atoms with van der Waals surface area (Å²) in [6.45, 7) is 0. The third kappa shape index (κ3) is 5.73. The van der Waals surface area contributed by atoms with Crippen LogP contribution in [0.1, 0.15) is 15.9 Å². The average Bonchev–Trinajstić information content (AvgIpc) is 2.55. The maximum Gasteiger partial charge on any atom is 0.337 e. The Morgan fingerprint density at radius 1 is 1.17 bits per heavy atom. The smallest absolute Gasteiger partial charge is 0.337 e. The van der Waals surface area contributed by atoms with Crippen molar-refractivity contribution in [3.05, 3.63) is 64.1 Å². The third-order valence-electron chi connectivity index (χ3n) is 2.98. The van der Waals surface area contributed by atoms with E-state index in [0.29, 0.717) is 17.0 Å². The molecule has 4 nitrogen and oxygen atoms in total. The monoisotopic (exact) mass is 393 g/mol. The molecule has 0 atom stereocenters. The van der Waals surface area contributed by atoms with Gasteiger partial charge in [-0.1, -0.05) is 28.1 Å². The van der Waals surface area contributed by atoms with E-state index in [0.717, 1.165) is 10.2 Å². The topological polar surface area (TPSA) is 55.4 Å². The first-order chi connectivity index (χ1) is 11.1. The zero-order chi connectivity index (χ0) is 16.7. The van der Waals surface area contributed by atoms with Crippen LogP contribution in [-0.4, -0.2) is 24.7 Å². The number of carbonyl (C=O) groups excluding carboxylic acids is 2. The molecule has 0 heterocycles. The summed E-state index contributed by atoms with van der Waals surface area (Å²) in [5.41, 5.74) is 2.28. The minimum absolute atomic E-state index is 0.0733. The maximum atomic E-state index is 11.9. The van der Waals surface area contributed by atoms with Crippen LogP contribution in [0.2, 0.25) is 0 Å². The Morgan fingerprint density at radius 3 is 2.57 bits per heavy atom. The van der Waals surface area contributed by atoms with E-state index in [1.165, 1.54) is 12.7 Å². The molecule has 2 aromatic carbocycles. The van der Waals surface area contributed by atoms with Gasteiger partial charge in [0.1, 0.15) is 0 Å². The molecule has 0 fully saturated rings. The fourth-order valence-corrected chi connectivity index (χ4v) is 3.11. The molecule has 1 amide bonds. The highest BCUT2D eigenvalue weighted by molar-refractivity contribution is 9.10. The summed E-state index contributed by atoms with van der Waals surface area (Å²) in [7, 11) is 1.33. The van der Waals surface area contributed by atoms with Gasteiger partial charge < -0.3 is 10.1 Å². The summed E-state index contributed by atoms with van der Waals surface area (Å²) in [5, 5.41) is 2.80. The van der Waals surface area contributed by atoms with E-state index in [1.54, 1.807) is 36.0 Å². The van der Waals surface area contributed by atoms with Gasteiger partial charge in [-0.2, -0.15) is 0 Å². The van der Waals surface area contributed by atoms with E-state index in [9.17, 15) is 9.59 Å². The summed E-state index contributed by atoms with van der Waals surface area (Å²) >= 11 is 4.97. The number of carbonyl (C=O) groups is 2. The highest BCUT2D eigenvalue weighted by Crippen LogP contribution is 2.17. The number of nitrogens with one attached hydrogen (secondary N) is 1. The molecule has 0 radical (unpaired) electrons. The molecular formula is C17H16BrNO3S. The Kier molecular flexibility index (Phi) is 6.67. The highest BCUT2D eigenvalue weighted by Gasteiger charge is 2.06. The predicted molar refractivity (Wildman–Crippen MR) is 96.7 cm³/mol. The van der Waals surface area contributed by atoms with Crippen molar-refractivity contribution in [2.75, 3.05) is 18.2 Å². The molecule has 0 unspecified atom stereocenters. The van der Waals surface area contributed by atoms with E-state index in [2.05, 4.69) is 26.0 Å². The van der Waals surface area contributed by atoms with Crippen LogP contribution in [-0.2, 0) is 15.3 Å². The van der Waals surface area contributed by atoms with Crippen LogP contribution in [0.5, 0.6) is 0 Å². The lowest BCUT2D eigenvalue weighted by molar-refractivity contribution is -0.113. The summed E-state index contributed by atoms with van der Waals surface area (Å²) < 4.78 is 5.66. The summed E-state index contributed by atoms with van der Waals surface area (Å²) in [5.74, 6) is 0.669. The number of rotatable bonds is 6. The Balaban J connectivity index is 1.79. The largest absolute Gasteiger partial charge is 0.465 e. The molecule has 0 aliphatic carbocycles. The zero-order valence-corrected chi connectivity index (χ0v) is 14.9. The Bertz CT molecular complexity index is 688. The molecule has 6 heteroatoms. The fraction of sp³-hybridized carbons (Fsp3) is 0.176. The van der Waals surface area contributed by atoms with Crippen molar-refractivity contribution in [2.45, 2.75) is 5.75 Å². The SMILES string of the molecule is COC(=O)c1ccc(NC(=O)CSCc2cccc(Br)c2)cc1. The molecule has 0 aromatic heterocycles. The van der Waals surface area contributed by atoms with Crippen molar-refractivity contribution in [3.63, 3.8) is 0 Å². The van der Waals surface area contributed by atoms with E-state index in [-0.39, 0.29) is 5.91 Å². The molecule has 0 spiro atoms. The number of thioether (sulfide) groups is 1. The molecule has 2 aromatic rings. The van der Waals surface area contributed by atoms with Crippen LogP contribution in [0, 0.1) is 0 Å². The minimum Gasteiger partial charge on any atom is -0.465 e. The number of esters is 1. The van der Waals surface area contributed by atoms with E-state index < -0.39 is 5.97 Å². The van der Waals surface area contributed by atoms with Crippen molar-refractivity contribution in [1.82, 2.24) is 0 Å². The normalized spacial score (nSPS) is 10.2. The highest BCUT2D eigenvalue weighted by atomic mass is 79.9. The average molecular weight is 394 g/mol. The summed E-state index contributed by atoms with van der Waals surface area (Å²) in [4.78, 5) is 23.2. The Morgan fingerprint density at radius 2 is 1.91 bits per heavy atom. The second-order valence-corrected chi connectivity index (χ2v) is 6.64. The van der Waals surface area contributed by atoms with Crippen LogP contribution >= 0.6 is 27.7 Å². The van der Waals surface area contributed by atoms with Gasteiger partial charge in [-0.3, -0.25) is 4.79 Å². The molecule has 0 aliphatic heterocycles. The maximum absolute atomic E-state index is 11.9. The number of hydrogen-bond acceptors (Lipinski definition) is 4. The zero-order valence-electron chi connectivity index (χ0n) is 12.5. The van der Waals surface area contributed by atoms with Gasteiger partial charge >= 0.3 is 5.97 Å². The number of ether oxygens (including phenoxy) is 1. The second kappa shape index (κ2) is 8.74. The number of anilines is 1. The lowest BCUT2D eigenvalue weighted by atomic mass is 10.2. The van der Waals surface area contributed by atoms with Crippen molar-refractivity contribution in [3.8, 4) is 0 Å². The van der Waals surface area contributed by atoms with E-state index in [4.69, 9.17) is 0 Å². The first-order valence-corrected chi connectivity index (χ1v) is 8.83. The van der Waals surface area contributed by atoms with Crippen molar-refractivity contribution in [2.24, 2.45) is 0 Å². The Hall–Kier alpha value is -1.79. The second-order valence-electron chi connectivity index (χ2n) is 4.74. The first-order valence-electron chi connectivity index (χ1n) is 6.89. The van der Waals surface area contributed by atoms with Gasteiger partial charge in [-0.25, -0.2) is 4.79 Å². The molecular weight excluding hydrogens is 378 g/mol. The third-order valence-corrected chi connectivity index (χ3v) is 4.48. The van der Waals surface area contributed by atoms with Crippen LogP contribution < -0.4 is 5.32 Å². The van der Waals surface area contributed by atoms with Gasteiger partial charge in [0.2, 0.25) is 5.91 Å². The van der Waals surface area contributed by atoms with Crippen LogP contribution in [0.3, 0.4) is 0 Å². The van der Waals surface area contributed by atoms with Gasteiger partial charge in [0, 0.05) is 15.9 Å². The quantitative estimate of drug-likeness (QED) is 0.750. The van der Waals surface area contributed by atoms with Gasteiger partial charge in [0.25, 0.3) is 0 Å². The number of benzene rings is 2. The molecule has 23 heavy (non-hydrogen) atoms. The molecule has 2 rings (SSSR count). The summed E-state index contributed by atoms with van der Waals surface area (Å²) in [6.07, 6.45) is 0. The molecule has 1 N–H and O–H groups in total. The predicted octanol–water partition coefficient (Wildman–Crippen LogP) is 4.11. The van der Waals surface area contributed by atoms with Crippen molar-refractivity contribution >= 4 is 45.3 Å². The fourth-order valence-electron chi connectivity index (χ4n) is 1.89. The van der Waals surface area contributed by atoms with E-state index >= 15 is 0 Å². The van der Waals surface area contributed by atoms with E-state index in [1.807, 2.05) is 24.3 Å².